The molecule has 2 aromatic rings. The molecule has 0 unspecified atom stereocenters. The van der Waals surface area contributed by atoms with Crippen LogP contribution in [0.15, 0.2) is 47.4 Å². The van der Waals surface area contributed by atoms with Crippen molar-refractivity contribution in [2.45, 2.75) is 11.8 Å². The van der Waals surface area contributed by atoms with Crippen molar-refractivity contribution in [2.24, 2.45) is 0 Å². The molecule has 0 aliphatic heterocycles. The van der Waals surface area contributed by atoms with Crippen LogP contribution in [0.25, 0.3) is 0 Å². The molecule has 0 aliphatic carbocycles. The lowest BCUT2D eigenvalue weighted by molar-refractivity contribution is -0.131. The predicted molar refractivity (Wildman–Crippen MR) is 85.0 cm³/mol. The second-order valence-corrected chi connectivity index (χ2v) is 6.76. The average molecular weight is 360 g/mol. The summed E-state index contributed by atoms with van der Waals surface area (Å²) in [5.41, 5.74) is 0.119. The molecule has 0 heterocycles. The first kappa shape index (κ1) is 16.6. The van der Waals surface area contributed by atoms with E-state index in [4.69, 9.17) is 27.9 Å². The molecule has 0 bridgehead atoms. The van der Waals surface area contributed by atoms with Crippen LogP contribution < -0.4 is 9.46 Å². The van der Waals surface area contributed by atoms with E-state index in [1.807, 2.05) is 0 Å². The summed E-state index contributed by atoms with van der Waals surface area (Å²) in [5.74, 6) is -0.468. The third kappa shape index (κ3) is 3.91. The number of hydrogen-bond donors (Lipinski definition) is 1. The van der Waals surface area contributed by atoms with E-state index in [0.717, 1.165) is 0 Å². The zero-order valence-electron chi connectivity index (χ0n) is 11.3. The Labute approximate surface area is 137 Å². The lowest BCUT2D eigenvalue weighted by Crippen LogP contribution is -2.15. The third-order valence-corrected chi connectivity index (χ3v) is 4.65. The molecule has 5 nitrogen and oxygen atoms in total. The molecule has 2 aromatic carbocycles. The molecule has 0 saturated heterocycles. The molecule has 0 spiro atoms. The number of carbonyl (C=O) groups is 1. The number of nitrogens with one attached hydrogen (secondary N) is 1. The summed E-state index contributed by atoms with van der Waals surface area (Å²) in [6, 6.07) is 10.3. The molecule has 2 rings (SSSR count). The molecule has 0 amide bonds. The van der Waals surface area contributed by atoms with Crippen LogP contribution in [0.1, 0.15) is 6.92 Å². The Morgan fingerprint density at radius 2 is 1.82 bits per heavy atom. The van der Waals surface area contributed by atoms with Crippen LogP contribution in [0, 0.1) is 0 Å². The van der Waals surface area contributed by atoms with Gasteiger partial charge in [0.25, 0.3) is 10.0 Å². The van der Waals surface area contributed by atoms with Crippen molar-refractivity contribution in [3.05, 3.63) is 52.5 Å². The number of sulfonamides is 1. The number of para-hydroxylation sites is 2. The molecular weight excluding hydrogens is 349 g/mol. The molecule has 0 saturated carbocycles. The quantitative estimate of drug-likeness (QED) is 0.666. The van der Waals surface area contributed by atoms with E-state index in [0.29, 0.717) is 0 Å². The van der Waals surface area contributed by atoms with Gasteiger partial charge in [-0.3, -0.25) is 9.52 Å². The van der Waals surface area contributed by atoms with Crippen LogP contribution in [0.2, 0.25) is 10.0 Å². The zero-order valence-corrected chi connectivity index (χ0v) is 13.7. The number of rotatable bonds is 4. The first-order valence-electron chi connectivity index (χ1n) is 6.05. The van der Waals surface area contributed by atoms with Crippen LogP contribution in [-0.2, 0) is 14.8 Å². The van der Waals surface area contributed by atoms with Crippen molar-refractivity contribution in [2.75, 3.05) is 4.72 Å². The van der Waals surface area contributed by atoms with Crippen LogP contribution in [0.3, 0.4) is 0 Å². The first-order chi connectivity index (χ1) is 10.3. The largest absolute Gasteiger partial charge is 0.424 e. The second kappa shape index (κ2) is 6.56. The van der Waals surface area contributed by atoms with Gasteiger partial charge in [0, 0.05) is 11.9 Å². The minimum absolute atomic E-state index is 0.0295. The van der Waals surface area contributed by atoms with E-state index in [-0.39, 0.29) is 26.4 Å². The molecular formula is C14H11Cl2NO4S. The highest BCUT2D eigenvalue weighted by Crippen LogP contribution is 2.30. The average Bonchev–Trinajstić information content (AvgIpc) is 2.43. The Morgan fingerprint density at radius 3 is 2.50 bits per heavy atom. The van der Waals surface area contributed by atoms with Gasteiger partial charge in [0.1, 0.15) is 4.90 Å². The predicted octanol–water partition coefficient (Wildman–Crippen LogP) is 3.72. The first-order valence-corrected chi connectivity index (χ1v) is 8.29. The van der Waals surface area contributed by atoms with Gasteiger partial charge < -0.3 is 4.74 Å². The Kier molecular flexibility index (Phi) is 4.95. The van der Waals surface area contributed by atoms with E-state index in [1.165, 1.54) is 37.3 Å². The molecule has 0 atom stereocenters. The summed E-state index contributed by atoms with van der Waals surface area (Å²) in [6.45, 7) is 1.22. The smallest absolute Gasteiger partial charge is 0.308 e. The van der Waals surface area contributed by atoms with Crippen molar-refractivity contribution in [3.63, 3.8) is 0 Å². The van der Waals surface area contributed by atoms with E-state index < -0.39 is 16.0 Å². The lowest BCUT2D eigenvalue weighted by atomic mass is 10.3. The molecule has 0 aliphatic rings. The van der Waals surface area contributed by atoms with E-state index in [1.54, 1.807) is 12.1 Å². The van der Waals surface area contributed by atoms with Gasteiger partial charge in [-0.2, -0.15) is 0 Å². The van der Waals surface area contributed by atoms with Crippen molar-refractivity contribution < 1.29 is 17.9 Å². The van der Waals surface area contributed by atoms with Crippen molar-refractivity contribution in [3.8, 4) is 5.75 Å². The van der Waals surface area contributed by atoms with Crippen LogP contribution in [0.5, 0.6) is 5.75 Å². The van der Waals surface area contributed by atoms with E-state index in [2.05, 4.69) is 4.72 Å². The van der Waals surface area contributed by atoms with Crippen LogP contribution in [0.4, 0.5) is 5.69 Å². The topological polar surface area (TPSA) is 72.5 Å². The SMILES string of the molecule is CC(=O)Oc1ccccc1NS(=O)(=O)c1cc(Cl)ccc1Cl. The highest BCUT2D eigenvalue weighted by atomic mass is 35.5. The lowest BCUT2D eigenvalue weighted by Gasteiger charge is -2.13. The second-order valence-electron chi connectivity index (χ2n) is 4.27. The molecule has 1 N–H and O–H groups in total. The number of halogens is 2. The maximum atomic E-state index is 12.4. The summed E-state index contributed by atoms with van der Waals surface area (Å²) < 4.78 is 32.1. The van der Waals surface area contributed by atoms with E-state index in [9.17, 15) is 13.2 Å². The fraction of sp³-hybridized carbons (Fsp3) is 0.0714. The standard InChI is InChI=1S/C14H11Cl2NO4S/c1-9(18)21-13-5-3-2-4-12(13)17-22(19,20)14-8-10(15)6-7-11(14)16/h2-8,17H,1H3. The fourth-order valence-electron chi connectivity index (χ4n) is 1.68. The number of anilines is 1. The summed E-state index contributed by atoms with van der Waals surface area (Å²) in [4.78, 5) is 10.9. The number of carbonyl (C=O) groups excluding carboxylic acids is 1. The number of ether oxygens (including phenoxy) is 1. The van der Waals surface area contributed by atoms with Crippen LogP contribution in [-0.4, -0.2) is 14.4 Å². The van der Waals surface area contributed by atoms with Gasteiger partial charge in [-0.1, -0.05) is 35.3 Å². The van der Waals surface area contributed by atoms with Crippen LogP contribution >= 0.6 is 23.2 Å². The minimum Gasteiger partial charge on any atom is -0.424 e. The molecule has 0 fully saturated rings. The van der Waals surface area contributed by atoms with E-state index >= 15 is 0 Å². The molecule has 8 heteroatoms. The van der Waals surface area contributed by atoms with Gasteiger partial charge in [-0.05, 0) is 30.3 Å². The zero-order chi connectivity index (χ0) is 16.3. The van der Waals surface area contributed by atoms with Gasteiger partial charge >= 0.3 is 5.97 Å². The highest BCUT2D eigenvalue weighted by molar-refractivity contribution is 7.92. The number of hydrogen-bond acceptors (Lipinski definition) is 4. The Balaban J connectivity index is 2.41. The van der Waals surface area contributed by atoms with Crippen molar-refractivity contribution in [1.29, 1.82) is 0 Å². The fourth-order valence-corrected chi connectivity index (χ4v) is 3.51. The van der Waals surface area contributed by atoms with Gasteiger partial charge in [0.05, 0.1) is 10.7 Å². The molecule has 0 aromatic heterocycles. The maximum Gasteiger partial charge on any atom is 0.308 e. The number of esters is 1. The minimum atomic E-state index is -3.98. The van der Waals surface area contributed by atoms with Crippen molar-refractivity contribution >= 4 is 44.9 Å². The molecule has 116 valence electrons. The highest BCUT2D eigenvalue weighted by Gasteiger charge is 2.20. The summed E-state index contributed by atoms with van der Waals surface area (Å²) in [7, 11) is -3.98. The summed E-state index contributed by atoms with van der Waals surface area (Å²) >= 11 is 11.7. The third-order valence-electron chi connectivity index (χ3n) is 2.57. The Morgan fingerprint density at radius 1 is 1.14 bits per heavy atom. The molecule has 22 heavy (non-hydrogen) atoms. The van der Waals surface area contributed by atoms with Gasteiger partial charge in [-0.25, -0.2) is 8.42 Å². The molecule has 0 radical (unpaired) electrons. The van der Waals surface area contributed by atoms with Gasteiger partial charge in [0.15, 0.2) is 5.75 Å². The Bertz CT molecular complexity index is 821. The maximum absolute atomic E-state index is 12.4. The Hall–Kier alpha value is -1.76. The monoisotopic (exact) mass is 359 g/mol. The van der Waals surface area contributed by atoms with Gasteiger partial charge in [-0.15, -0.1) is 0 Å². The summed E-state index contributed by atoms with van der Waals surface area (Å²) in [5, 5.41) is 0.264. The van der Waals surface area contributed by atoms with Crippen molar-refractivity contribution in [1.82, 2.24) is 0 Å². The van der Waals surface area contributed by atoms with Gasteiger partial charge in [0.2, 0.25) is 0 Å². The normalized spacial score (nSPS) is 11.0. The number of benzene rings is 2. The summed E-state index contributed by atoms with van der Waals surface area (Å²) in [6.07, 6.45) is 0.